The predicted octanol–water partition coefficient (Wildman–Crippen LogP) is 14.0. The van der Waals surface area contributed by atoms with Crippen LogP contribution in [0, 0.1) is 11.3 Å². The summed E-state index contributed by atoms with van der Waals surface area (Å²) in [5, 5.41) is 22.4. The van der Waals surface area contributed by atoms with Gasteiger partial charge in [0.25, 0.3) is 0 Å². The van der Waals surface area contributed by atoms with Crippen molar-refractivity contribution in [2.24, 2.45) is 11.3 Å². The predicted molar refractivity (Wildman–Crippen MR) is 217 cm³/mol. The lowest BCUT2D eigenvalue weighted by Gasteiger charge is -2.41. The van der Waals surface area contributed by atoms with Crippen molar-refractivity contribution in [2.45, 2.75) is 258 Å². The monoisotopic (exact) mass is 722 g/mol. The molecule has 0 radical (unpaired) electrons. The first-order valence-corrected chi connectivity index (χ1v) is 22.5. The average molecular weight is 722 g/mol. The highest BCUT2D eigenvalue weighted by Crippen LogP contribution is 2.45. The van der Waals surface area contributed by atoms with Gasteiger partial charge in [-0.05, 0) is 38.0 Å². The number of rotatable bonds is 40. The molecular formula is C45H87NO5. The van der Waals surface area contributed by atoms with Gasteiger partial charge in [-0.25, -0.2) is 4.79 Å². The van der Waals surface area contributed by atoms with Crippen molar-refractivity contribution in [3.8, 4) is 0 Å². The molecule has 0 aromatic heterocycles. The van der Waals surface area contributed by atoms with Gasteiger partial charge in [0.15, 0.2) is 0 Å². The smallest absolute Gasteiger partial charge is 0.326 e. The first kappa shape index (κ1) is 49.4. The molecule has 0 fully saturated rings. The number of hydrogen-bond acceptors (Lipinski definition) is 3. The van der Waals surface area contributed by atoms with E-state index in [1.165, 1.54) is 148 Å². The molecule has 0 aliphatic carbocycles. The Morgan fingerprint density at radius 2 is 0.765 bits per heavy atom. The second kappa shape index (κ2) is 35.4. The van der Waals surface area contributed by atoms with E-state index in [2.05, 4.69) is 33.0 Å². The molecule has 0 aromatic carbocycles. The van der Waals surface area contributed by atoms with E-state index >= 15 is 0 Å². The Hall–Kier alpha value is -1.59. The van der Waals surface area contributed by atoms with Crippen molar-refractivity contribution >= 4 is 17.8 Å². The molecule has 3 N–H and O–H groups in total. The van der Waals surface area contributed by atoms with Gasteiger partial charge in [-0.15, -0.1) is 0 Å². The summed E-state index contributed by atoms with van der Waals surface area (Å²) in [7, 11) is 0. The average Bonchev–Trinajstić information content (AvgIpc) is 3.11. The molecule has 302 valence electrons. The van der Waals surface area contributed by atoms with E-state index < -0.39 is 23.4 Å². The summed E-state index contributed by atoms with van der Waals surface area (Å²) < 4.78 is 0. The van der Waals surface area contributed by atoms with Gasteiger partial charge in [0, 0.05) is 6.42 Å². The lowest BCUT2D eigenvalue weighted by atomic mass is 9.64. The third kappa shape index (κ3) is 26.8. The highest BCUT2D eigenvalue weighted by atomic mass is 16.4. The van der Waals surface area contributed by atoms with Crippen LogP contribution in [0.3, 0.4) is 0 Å². The molecule has 1 amide bonds. The van der Waals surface area contributed by atoms with E-state index in [9.17, 15) is 24.6 Å². The van der Waals surface area contributed by atoms with Gasteiger partial charge in [-0.3, -0.25) is 9.59 Å². The fraction of sp³-hybridized carbons (Fsp3) is 0.933. The minimum Gasteiger partial charge on any atom is -0.481 e. The lowest BCUT2D eigenvalue weighted by molar-refractivity contribution is -0.147. The Kier molecular flexibility index (Phi) is 34.3. The van der Waals surface area contributed by atoms with Crippen molar-refractivity contribution in [3.05, 3.63) is 0 Å². The van der Waals surface area contributed by atoms with Crippen LogP contribution in [0.2, 0.25) is 0 Å². The summed E-state index contributed by atoms with van der Waals surface area (Å²) in [6, 6.07) is -1.17. The number of amides is 1. The number of carboxylic acids is 2. The molecule has 0 saturated heterocycles. The number of carbonyl (C=O) groups excluding carboxylic acids is 1. The molecule has 0 aliphatic rings. The maximum absolute atomic E-state index is 14.8. The SMILES string of the molecule is CCCCCCCCCCCCC(CCCCCCCC)(C(=O)N[C@@H](CCC(=O)O)C(=O)O)C(CCCCCCCC)CCCCCCCCC. The van der Waals surface area contributed by atoms with Crippen LogP contribution in [0.5, 0.6) is 0 Å². The van der Waals surface area contributed by atoms with Gasteiger partial charge < -0.3 is 15.5 Å². The van der Waals surface area contributed by atoms with Gasteiger partial charge >= 0.3 is 11.9 Å². The lowest BCUT2D eigenvalue weighted by Crippen LogP contribution is -2.52. The van der Waals surface area contributed by atoms with Gasteiger partial charge in [0.05, 0.1) is 5.41 Å². The van der Waals surface area contributed by atoms with Gasteiger partial charge in [-0.2, -0.15) is 0 Å². The Morgan fingerprint density at radius 3 is 1.08 bits per heavy atom. The van der Waals surface area contributed by atoms with Gasteiger partial charge in [-0.1, -0.05) is 214 Å². The Bertz CT molecular complexity index is 816. The molecule has 3 atom stereocenters. The molecule has 0 heterocycles. The summed E-state index contributed by atoms with van der Waals surface area (Å²) in [6.45, 7) is 9.01. The van der Waals surface area contributed by atoms with Crippen LogP contribution in [0.25, 0.3) is 0 Å². The minimum absolute atomic E-state index is 0.0817. The number of carbonyl (C=O) groups is 3. The third-order valence-corrected chi connectivity index (χ3v) is 11.5. The molecule has 2 unspecified atom stereocenters. The Morgan fingerprint density at radius 1 is 0.451 bits per heavy atom. The van der Waals surface area contributed by atoms with Crippen molar-refractivity contribution in [1.29, 1.82) is 0 Å². The van der Waals surface area contributed by atoms with Crippen molar-refractivity contribution in [3.63, 3.8) is 0 Å². The number of unbranched alkanes of at least 4 members (excludes halogenated alkanes) is 25. The van der Waals surface area contributed by atoms with Crippen LogP contribution >= 0.6 is 0 Å². The van der Waals surface area contributed by atoms with Crippen molar-refractivity contribution in [1.82, 2.24) is 5.32 Å². The second-order valence-corrected chi connectivity index (χ2v) is 16.1. The Balaban J connectivity index is 6.22. The molecule has 0 bridgehead atoms. The highest BCUT2D eigenvalue weighted by molar-refractivity contribution is 5.88. The second-order valence-electron chi connectivity index (χ2n) is 16.1. The topological polar surface area (TPSA) is 104 Å². The van der Waals surface area contributed by atoms with E-state index in [0.717, 1.165) is 64.2 Å². The molecule has 0 aliphatic heterocycles. The van der Waals surface area contributed by atoms with E-state index in [1.807, 2.05) is 0 Å². The van der Waals surface area contributed by atoms with E-state index in [4.69, 9.17) is 0 Å². The molecule has 0 spiro atoms. The zero-order valence-corrected chi connectivity index (χ0v) is 34.5. The fourth-order valence-corrected chi connectivity index (χ4v) is 8.14. The molecule has 0 rings (SSSR count). The normalized spacial score (nSPS) is 13.9. The number of carboxylic acid groups (broad SMARTS) is 2. The van der Waals surface area contributed by atoms with Crippen LogP contribution < -0.4 is 5.32 Å². The zero-order chi connectivity index (χ0) is 37.8. The summed E-state index contributed by atoms with van der Waals surface area (Å²) in [5.41, 5.74) is -0.604. The Labute approximate surface area is 316 Å². The van der Waals surface area contributed by atoms with Gasteiger partial charge in [0.1, 0.15) is 6.04 Å². The zero-order valence-electron chi connectivity index (χ0n) is 34.5. The van der Waals surface area contributed by atoms with Crippen LogP contribution in [0.1, 0.15) is 252 Å². The molecule has 51 heavy (non-hydrogen) atoms. The van der Waals surface area contributed by atoms with Gasteiger partial charge in [0.2, 0.25) is 5.91 Å². The molecule has 0 saturated carbocycles. The van der Waals surface area contributed by atoms with E-state index in [1.54, 1.807) is 0 Å². The number of aliphatic carboxylic acids is 2. The minimum atomic E-state index is -1.17. The first-order chi connectivity index (χ1) is 24.8. The standard InChI is InChI=1S/C45H87NO5/c1-5-9-13-17-21-22-23-25-29-33-39-45(38-32-28-20-16-12-8-4,44(51)46-41(43(49)50)36-37-42(47)48)40(34-30-26-19-15-11-7-3)35-31-27-24-18-14-10-6-2/h40-41H,5-39H2,1-4H3,(H,46,51)(H,47,48)(H,49,50)/t40?,41-,45?/m0/s1. The molecule has 6 heteroatoms. The maximum Gasteiger partial charge on any atom is 0.326 e. The number of hydrogen-bond donors (Lipinski definition) is 3. The molecular weight excluding hydrogens is 634 g/mol. The highest BCUT2D eigenvalue weighted by Gasteiger charge is 2.45. The van der Waals surface area contributed by atoms with Crippen LogP contribution in [0.15, 0.2) is 0 Å². The van der Waals surface area contributed by atoms with E-state index in [0.29, 0.717) is 0 Å². The van der Waals surface area contributed by atoms with E-state index in [-0.39, 0.29) is 24.7 Å². The number of nitrogens with one attached hydrogen (secondary N) is 1. The quantitative estimate of drug-likeness (QED) is 0.0546. The molecule has 6 nitrogen and oxygen atoms in total. The summed E-state index contributed by atoms with van der Waals surface area (Å²) in [4.78, 5) is 38.6. The van der Waals surface area contributed by atoms with Crippen LogP contribution in [-0.2, 0) is 14.4 Å². The third-order valence-electron chi connectivity index (χ3n) is 11.5. The summed E-state index contributed by atoms with van der Waals surface area (Å²) >= 11 is 0. The van der Waals surface area contributed by atoms with Crippen LogP contribution in [0.4, 0.5) is 0 Å². The van der Waals surface area contributed by atoms with Crippen molar-refractivity contribution in [2.75, 3.05) is 0 Å². The first-order valence-electron chi connectivity index (χ1n) is 22.5. The largest absolute Gasteiger partial charge is 0.481 e. The molecule has 0 aromatic rings. The van der Waals surface area contributed by atoms with Crippen molar-refractivity contribution < 1.29 is 24.6 Å². The fourth-order valence-electron chi connectivity index (χ4n) is 8.14. The summed E-state index contributed by atoms with van der Waals surface area (Å²) in [6.07, 6.45) is 38.7. The maximum atomic E-state index is 14.8. The van der Waals surface area contributed by atoms with Crippen LogP contribution in [-0.4, -0.2) is 34.1 Å². The summed E-state index contributed by atoms with van der Waals surface area (Å²) in [5.74, 6) is -2.04.